The highest BCUT2D eigenvalue weighted by Gasteiger charge is 2.37. The third kappa shape index (κ3) is 4.38. The van der Waals surface area contributed by atoms with Crippen LogP contribution in [0.3, 0.4) is 0 Å². The van der Waals surface area contributed by atoms with Crippen LogP contribution >= 0.6 is 0 Å². The minimum absolute atomic E-state index is 0.0927. The van der Waals surface area contributed by atoms with Gasteiger partial charge in [0.15, 0.2) is 0 Å². The minimum atomic E-state index is -4.89. The standard InChI is InChI=1S/C14H19F3N2O4S/c1-22-11-5-6-19(10(7-11)9-18)24(20,21)13-4-2-3-12(8-13)23-14(15,16)17/h2-4,8,10-11H,5-7,9,18H2,1H3. The normalized spacial score (nSPS) is 23.2. The SMILES string of the molecule is COC1CCN(S(=O)(=O)c2cccc(OC(F)(F)F)c2)C(CN)C1. The summed E-state index contributed by atoms with van der Waals surface area (Å²) in [5.74, 6) is -0.584. The molecule has 1 fully saturated rings. The molecule has 1 aliphatic rings. The highest BCUT2D eigenvalue weighted by atomic mass is 32.2. The summed E-state index contributed by atoms with van der Waals surface area (Å²) in [6.45, 7) is 0.283. The largest absolute Gasteiger partial charge is 0.573 e. The Labute approximate surface area is 138 Å². The van der Waals surface area contributed by atoms with Gasteiger partial charge in [-0.3, -0.25) is 0 Å². The maximum Gasteiger partial charge on any atom is 0.573 e. The Hall–Kier alpha value is -1.36. The van der Waals surface area contributed by atoms with Crippen LogP contribution in [0.25, 0.3) is 0 Å². The molecule has 2 unspecified atom stereocenters. The fraction of sp³-hybridized carbons (Fsp3) is 0.571. The maximum absolute atomic E-state index is 12.8. The zero-order chi connectivity index (χ0) is 18.0. The lowest BCUT2D eigenvalue weighted by Crippen LogP contribution is -2.51. The van der Waals surface area contributed by atoms with Crippen LogP contribution in [0, 0.1) is 0 Å². The number of benzene rings is 1. The van der Waals surface area contributed by atoms with Gasteiger partial charge < -0.3 is 15.2 Å². The number of hydrogen-bond donors (Lipinski definition) is 1. The Balaban J connectivity index is 2.28. The lowest BCUT2D eigenvalue weighted by Gasteiger charge is -2.37. The average molecular weight is 368 g/mol. The number of nitrogens with zero attached hydrogens (tertiary/aromatic N) is 1. The van der Waals surface area contributed by atoms with Gasteiger partial charge in [0, 0.05) is 32.3 Å². The van der Waals surface area contributed by atoms with E-state index in [1.54, 1.807) is 7.11 Å². The molecular weight excluding hydrogens is 349 g/mol. The van der Waals surface area contributed by atoms with Crippen LogP contribution in [-0.2, 0) is 14.8 Å². The molecule has 1 saturated heterocycles. The van der Waals surface area contributed by atoms with E-state index >= 15 is 0 Å². The van der Waals surface area contributed by atoms with Gasteiger partial charge in [-0.2, -0.15) is 4.31 Å². The Bertz CT molecular complexity index is 666. The van der Waals surface area contributed by atoms with E-state index in [4.69, 9.17) is 10.5 Å². The molecular formula is C14H19F3N2O4S. The van der Waals surface area contributed by atoms with Crippen LogP contribution in [0.15, 0.2) is 29.2 Å². The van der Waals surface area contributed by atoms with E-state index in [1.807, 2.05) is 0 Å². The van der Waals surface area contributed by atoms with Crippen molar-refractivity contribution in [3.05, 3.63) is 24.3 Å². The third-order valence-corrected chi connectivity index (χ3v) is 5.81. The molecule has 0 saturated carbocycles. The van der Waals surface area contributed by atoms with Gasteiger partial charge >= 0.3 is 6.36 Å². The van der Waals surface area contributed by atoms with Crippen molar-refractivity contribution >= 4 is 10.0 Å². The van der Waals surface area contributed by atoms with Crippen LogP contribution in [0.2, 0.25) is 0 Å². The molecule has 2 atom stereocenters. The Morgan fingerprint density at radius 2 is 2.08 bits per heavy atom. The number of ether oxygens (including phenoxy) is 2. The second kappa shape index (κ2) is 7.26. The highest BCUT2D eigenvalue weighted by Crippen LogP contribution is 2.29. The Morgan fingerprint density at radius 1 is 1.38 bits per heavy atom. The molecule has 10 heteroatoms. The van der Waals surface area contributed by atoms with Crippen LogP contribution in [0.1, 0.15) is 12.8 Å². The quantitative estimate of drug-likeness (QED) is 0.856. The number of methoxy groups -OCH3 is 1. The molecule has 24 heavy (non-hydrogen) atoms. The van der Waals surface area contributed by atoms with Gasteiger partial charge in [-0.25, -0.2) is 8.42 Å². The first-order valence-corrected chi connectivity index (χ1v) is 8.72. The third-order valence-electron chi connectivity index (χ3n) is 3.86. The average Bonchev–Trinajstić information content (AvgIpc) is 2.52. The molecule has 0 aromatic heterocycles. The Kier molecular flexibility index (Phi) is 5.74. The summed E-state index contributed by atoms with van der Waals surface area (Å²) in [4.78, 5) is -0.265. The molecule has 1 aromatic carbocycles. The van der Waals surface area contributed by atoms with Crippen LogP contribution in [0.5, 0.6) is 5.75 Å². The van der Waals surface area contributed by atoms with Gasteiger partial charge in [0.05, 0.1) is 11.0 Å². The second-order valence-electron chi connectivity index (χ2n) is 5.41. The number of hydrogen-bond acceptors (Lipinski definition) is 5. The van der Waals surface area contributed by atoms with Crippen molar-refractivity contribution in [1.82, 2.24) is 4.31 Å². The van der Waals surface area contributed by atoms with Crippen LogP contribution < -0.4 is 10.5 Å². The smallest absolute Gasteiger partial charge is 0.406 e. The van der Waals surface area contributed by atoms with Gasteiger partial charge in [0.1, 0.15) is 5.75 Å². The van der Waals surface area contributed by atoms with Crippen molar-refractivity contribution < 1.29 is 31.1 Å². The molecule has 2 rings (SSSR count). The van der Waals surface area contributed by atoms with Gasteiger partial charge in [-0.15, -0.1) is 13.2 Å². The van der Waals surface area contributed by atoms with E-state index in [0.29, 0.717) is 12.8 Å². The van der Waals surface area contributed by atoms with Crippen LogP contribution in [-0.4, -0.2) is 51.4 Å². The molecule has 1 aliphatic heterocycles. The van der Waals surface area contributed by atoms with Crippen molar-refractivity contribution in [3.8, 4) is 5.75 Å². The maximum atomic E-state index is 12.8. The number of halogens is 3. The van der Waals surface area contributed by atoms with E-state index in [9.17, 15) is 21.6 Å². The number of sulfonamides is 1. The van der Waals surface area contributed by atoms with Gasteiger partial charge in [0.2, 0.25) is 10.0 Å². The summed E-state index contributed by atoms with van der Waals surface area (Å²) in [5, 5.41) is 0. The van der Waals surface area contributed by atoms with Crippen molar-refractivity contribution in [2.45, 2.75) is 36.2 Å². The molecule has 1 aromatic rings. The fourth-order valence-corrected chi connectivity index (χ4v) is 4.40. The first-order valence-electron chi connectivity index (χ1n) is 7.28. The molecule has 0 radical (unpaired) electrons. The van der Waals surface area contributed by atoms with Crippen molar-refractivity contribution in [1.29, 1.82) is 0 Å². The first-order chi connectivity index (χ1) is 11.2. The Morgan fingerprint density at radius 3 is 2.67 bits per heavy atom. The summed E-state index contributed by atoms with van der Waals surface area (Å²) in [6.07, 6.45) is -4.06. The summed E-state index contributed by atoms with van der Waals surface area (Å²) in [5.41, 5.74) is 5.66. The zero-order valence-electron chi connectivity index (χ0n) is 13.0. The highest BCUT2D eigenvalue weighted by molar-refractivity contribution is 7.89. The molecule has 1 heterocycles. The lowest BCUT2D eigenvalue weighted by molar-refractivity contribution is -0.274. The predicted octanol–water partition coefficient (Wildman–Crippen LogP) is 1.71. The molecule has 136 valence electrons. The van der Waals surface area contributed by atoms with E-state index < -0.39 is 28.2 Å². The second-order valence-corrected chi connectivity index (χ2v) is 7.30. The summed E-state index contributed by atoms with van der Waals surface area (Å²) in [6, 6.07) is 3.87. The fourth-order valence-electron chi connectivity index (χ4n) is 2.70. The van der Waals surface area contributed by atoms with Crippen molar-refractivity contribution in [2.75, 3.05) is 20.2 Å². The van der Waals surface area contributed by atoms with E-state index in [-0.39, 0.29) is 24.1 Å². The van der Waals surface area contributed by atoms with E-state index in [0.717, 1.165) is 12.1 Å². The topological polar surface area (TPSA) is 81.9 Å². The first kappa shape index (κ1) is 19.0. The summed E-state index contributed by atoms with van der Waals surface area (Å²) < 4.78 is 72.7. The van der Waals surface area contributed by atoms with Crippen molar-refractivity contribution in [2.24, 2.45) is 5.73 Å². The monoisotopic (exact) mass is 368 g/mol. The van der Waals surface area contributed by atoms with E-state index in [2.05, 4.69) is 4.74 Å². The summed E-state index contributed by atoms with van der Waals surface area (Å²) >= 11 is 0. The molecule has 6 nitrogen and oxygen atoms in total. The number of piperidine rings is 1. The minimum Gasteiger partial charge on any atom is -0.406 e. The predicted molar refractivity (Wildman–Crippen MR) is 79.9 cm³/mol. The number of nitrogens with two attached hydrogens (primary N) is 1. The summed E-state index contributed by atoms with van der Waals surface area (Å²) in [7, 11) is -2.44. The van der Waals surface area contributed by atoms with Crippen LogP contribution in [0.4, 0.5) is 13.2 Å². The molecule has 0 aliphatic carbocycles. The molecule has 0 spiro atoms. The van der Waals surface area contributed by atoms with Gasteiger partial charge in [-0.05, 0) is 25.0 Å². The van der Waals surface area contributed by atoms with E-state index in [1.165, 1.54) is 16.4 Å². The number of alkyl halides is 3. The lowest BCUT2D eigenvalue weighted by atomic mass is 10.0. The van der Waals surface area contributed by atoms with Gasteiger partial charge in [0.25, 0.3) is 0 Å². The molecule has 2 N–H and O–H groups in total. The molecule has 0 amide bonds. The van der Waals surface area contributed by atoms with Gasteiger partial charge in [-0.1, -0.05) is 6.07 Å². The number of rotatable bonds is 5. The van der Waals surface area contributed by atoms with Crippen molar-refractivity contribution in [3.63, 3.8) is 0 Å². The molecule has 0 bridgehead atoms. The zero-order valence-corrected chi connectivity index (χ0v) is 13.8.